The van der Waals surface area contributed by atoms with E-state index in [1.165, 1.54) is 6.07 Å². The monoisotopic (exact) mass is 165 g/mol. The molecule has 0 amide bonds. The van der Waals surface area contributed by atoms with Crippen LogP contribution in [0.25, 0.3) is 0 Å². The maximum Gasteiger partial charge on any atom is 0.335 e. The third-order valence-corrected chi connectivity index (χ3v) is 1.65. The minimum Gasteiger partial charge on any atom is -0.872 e. The second-order valence-electron chi connectivity index (χ2n) is 2.76. The Morgan fingerprint density at radius 2 is 2.00 bits per heavy atom. The fourth-order valence-corrected chi connectivity index (χ4v) is 1.11. The first kappa shape index (κ1) is 8.59. The molecule has 1 N–H and O–H groups in total. The van der Waals surface area contributed by atoms with E-state index in [1.54, 1.807) is 19.9 Å². The summed E-state index contributed by atoms with van der Waals surface area (Å²) in [4.78, 5) is 10.5. The molecule has 0 aliphatic carbocycles. The molecule has 12 heavy (non-hydrogen) atoms. The van der Waals surface area contributed by atoms with Gasteiger partial charge >= 0.3 is 5.97 Å². The molecule has 0 heterocycles. The van der Waals surface area contributed by atoms with Crippen LogP contribution in [0, 0.1) is 13.8 Å². The molecule has 0 aromatic heterocycles. The minimum atomic E-state index is -1.16. The van der Waals surface area contributed by atoms with Gasteiger partial charge in [0.05, 0.1) is 5.56 Å². The molecule has 1 aromatic carbocycles. The summed E-state index contributed by atoms with van der Waals surface area (Å²) in [5.41, 5.74) is 1.13. The molecular weight excluding hydrogens is 156 g/mol. The number of benzene rings is 1. The van der Waals surface area contributed by atoms with E-state index >= 15 is 0 Å². The number of carbonyl (C=O) groups is 1. The molecule has 0 saturated carbocycles. The average Bonchev–Trinajstić information content (AvgIpc) is 1.96. The normalized spacial score (nSPS) is 9.83. The second kappa shape index (κ2) is 2.85. The Balaban J connectivity index is 3.37. The first-order valence-electron chi connectivity index (χ1n) is 3.54. The molecule has 0 aliphatic heterocycles. The average molecular weight is 165 g/mol. The predicted octanol–water partition coefficient (Wildman–Crippen LogP) is 1.08. The van der Waals surface area contributed by atoms with Crippen LogP contribution in [0.5, 0.6) is 5.75 Å². The molecule has 0 radical (unpaired) electrons. The summed E-state index contributed by atoms with van der Waals surface area (Å²) in [6.07, 6.45) is 0. The lowest BCUT2D eigenvalue weighted by Crippen LogP contribution is -2.06. The smallest absolute Gasteiger partial charge is 0.335 e. The van der Waals surface area contributed by atoms with Crippen molar-refractivity contribution in [2.24, 2.45) is 0 Å². The van der Waals surface area contributed by atoms with Gasteiger partial charge in [0.1, 0.15) is 0 Å². The second-order valence-corrected chi connectivity index (χ2v) is 2.76. The van der Waals surface area contributed by atoms with Gasteiger partial charge in [-0.15, -0.1) is 0 Å². The van der Waals surface area contributed by atoms with Gasteiger partial charge in [-0.3, -0.25) is 0 Å². The van der Waals surface area contributed by atoms with Crippen molar-refractivity contribution in [2.45, 2.75) is 13.8 Å². The maximum atomic E-state index is 11.2. The van der Waals surface area contributed by atoms with Crippen LogP contribution in [-0.2, 0) is 0 Å². The zero-order chi connectivity index (χ0) is 9.30. The zero-order valence-electron chi connectivity index (χ0n) is 6.92. The summed E-state index contributed by atoms with van der Waals surface area (Å²) in [5.74, 6) is -1.56. The molecule has 1 rings (SSSR count). The lowest BCUT2D eigenvalue weighted by molar-refractivity contribution is -0.269. The summed E-state index contributed by atoms with van der Waals surface area (Å²) in [7, 11) is 0. The predicted molar refractivity (Wildman–Crippen MR) is 42.3 cm³/mol. The fraction of sp³-hybridized carbons (Fsp3) is 0.222. The molecule has 64 valence electrons. The van der Waals surface area contributed by atoms with Gasteiger partial charge in [-0.25, -0.2) is 4.79 Å². The SMILES string of the molecule is Cc1cc(C)c([O-])c(C(=O)O)c1. The molecule has 1 aromatic rings. The van der Waals surface area contributed by atoms with Crippen LogP contribution < -0.4 is 5.11 Å². The quantitative estimate of drug-likeness (QED) is 0.677. The number of rotatable bonds is 1. The van der Waals surface area contributed by atoms with Crippen LogP contribution in [-0.4, -0.2) is 11.1 Å². The Morgan fingerprint density at radius 3 is 2.50 bits per heavy atom. The fourth-order valence-electron chi connectivity index (χ4n) is 1.11. The first-order valence-corrected chi connectivity index (χ1v) is 3.54. The van der Waals surface area contributed by atoms with Crippen LogP contribution in [0.1, 0.15) is 21.5 Å². The van der Waals surface area contributed by atoms with Crippen molar-refractivity contribution in [3.05, 3.63) is 28.8 Å². The van der Waals surface area contributed by atoms with Crippen LogP contribution >= 0.6 is 0 Å². The number of aryl methyl sites for hydroxylation is 2. The molecular formula is C9H9O3-. The molecule has 0 unspecified atom stereocenters. The highest BCUT2D eigenvalue weighted by molar-refractivity contribution is 5.91. The number of hydrogen-bond donors (Lipinski definition) is 1. The number of carboxylic acid groups (broad SMARTS) is 1. The van der Waals surface area contributed by atoms with Crippen LogP contribution in [0.3, 0.4) is 0 Å². The summed E-state index contributed by atoms with van der Waals surface area (Å²) in [6.45, 7) is 3.38. The topological polar surface area (TPSA) is 60.4 Å². The summed E-state index contributed by atoms with van der Waals surface area (Å²) < 4.78 is 0. The summed E-state index contributed by atoms with van der Waals surface area (Å²) in [6, 6.07) is 3.06. The van der Waals surface area contributed by atoms with E-state index in [4.69, 9.17) is 5.11 Å². The van der Waals surface area contributed by atoms with Crippen molar-refractivity contribution in [2.75, 3.05) is 0 Å². The van der Waals surface area contributed by atoms with Gasteiger partial charge < -0.3 is 10.2 Å². The first-order chi connectivity index (χ1) is 5.52. The van der Waals surface area contributed by atoms with Gasteiger partial charge in [0.15, 0.2) is 0 Å². The number of hydrogen-bond acceptors (Lipinski definition) is 2. The highest BCUT2D eigenvalue weighted by atomic mass is 16.4. The van der Waals surface area contributed by atoms with Gasteiger partial charge in [-0.2, -0.15) is 0 Å². The van der Waals surface area contributed by atoms with Crippen LogP contribution in [0.15, 0.2) is 12.1 Å². The Hall–Kier alpha value is -1.51. The van der Waals surface area contributed by atoms with Gasteiger partial charge in [0, 0.05) is 0 Å². The van der Waals surface area contributed by atoms with Gasteiger partial charge in [-0.1, -0.05) is 22.9 Å². The summed E-state index contributed by atoms with van der Waals surface area (Å²) >= 11 is 0. The van der Waals surface area contributed by atoms with Gasteiger partial charge in [0.25, 0.3) is 0 Å². The Kier molecular flexibility index (Phi) is 2.04. The van der Waals surface area contributed by atoms with Crippen LogP contribution in [0.4, 0.5) is 0 Å². The number of carboxylic acids is 1. The van der Waals surface area contributed by atoms with Gasteiger partial charge in [0.2, 0.25) is 0 Å². The van der Waals surface area contributed by atoms with E-state index in [0.29, 0.717) is 5.56 Å². The minimum absolute atomic E-state index is 0.146. The maximum absolute atomic E-state index is 11.2. The Labute approximate surface area is 70.3 Å². The van der Waals surface area contributed by atoms with E-state index in [9.17, 15) is 9.90 Å². The molecule has 0 bridgehead atoms. The van der Waals surface area contributed by atoms with Crippen molar-refractivity contribution in [3.63, 3.8) is 0 Å². The van der Waals surface area contributed by atoms with Crippen molar-refractivity contribution in [1.82, 2.24) is 0 Å². The van der Waals surface area contributed by atoms with Crippen molar-refractivity contribution in [3.8, 4) is 5.75 Å². The summed E-state index contributed by atoms with van der Waals surface area (Å²) in [5, 5.41) is 19.8. The standard InChI is InChI=1S/C9H10O3/c1-5-3-6(2)8(10)7(4-5)9(11)12/h3-4,10H,1-2H3,(H,11,12)/p-1. The highest BCUT2D eigenvalue weighted by Gasteiger charge is 2.05. The lowest BCUT2D eigenvalue weighted by Gasteiger charge is -2.14. The van der Waals surface area contributed by atoms with E-state index in [1.807, 2.05) is 0 Å². The van der Waals surface area contributed by atoms with Crippen molar-refractivity contribution < 1.29 is 15.0 Å². The molecule has 0 saturated heterocycles. The lowest BCUT2D eigenvalue weighted by atomic mass is 10.1. The van der Waals surface area contributed by atoms with Gasteiger partial charge in [-0.05, 0) is 19.9 Å². The third kappa shape index (κ3) is 1.39. The molecule has 0 aliphatic rings. The van der Waals surface area contributed by atoms with Crippen molar-refractivity contribution >= 4 is 5.97 Å². The molecule has 0 fully saturated rings. The molecule has 0 atom stereocenters. The van der Waals surface area contributed by atoms with Crippen molar-refractivity contribution in [1.29, 1.82) is 0 Å². The molecule has 3 nitrogen and oxygen atoms in total. The third-order valence-electron chi connectivity index (χ3n) is 1.65. The Bertz CT molecular complexity index is 329. The molecule has 0 spiro atoms. The van der Waals surface area contributed by atoms with Crippen LogP contribution in [0.2, 0.25) is 0 Å². The van der Waals surface area contributed by atoms with E-state index in [-0.39, 0.29) is 5.56 Å². The highest BCUT2D eigenvalue weighted by Crippen LogP contribution is 2.20. The van der Waals surface area contributed by atoms with E-state index in [2.05, 4.69) is 0 Å². The zero-order valence-corrected chi connectivity index (χ0v) is 6.92. The van der Waals surface area contributed by atoms with E-state index in [0.717, 1.165) is 5.56 Å². The molecule has 3 heteroatoms. The Morgan fingerprint density at radius 1 is 1.42 bits per heavy atom. The van der Waals surface area contributed by atoms with E-state index < -0.39 is 11.7 Å². The number of aromatic carboxylic acids is 1. The largest absolute Gasteiger partial charge is 0.872 e.